The minimum Gasteiger partial charge on any atom is -0.388 e. The van der Waals surface area contributed by atoms with Crippen molar-refractivity contribution in [3.8, 4) is 0 Å². The number of aromatic nitrogens is 1. The zero-order valence-corrected chi connectivity index (χ0v) is 13.5. The maximum Gasteiger partial charge on any atom is 0.268 e. The quantitative estimate of drug-likeness (QED) is 0.876. The Bertz CT molecular complexity index is 481. The van der Waals surface area contributed by atoms with Crippen molar-refractivity contribution >= 4 is 5.91 Å². The van der Waals surface area contributed by atoms with Crippen LogP contribution >= 0.6 is 0 Å². The minimum absolute atomic E-state index is 0.0910. The summed E-state index contributed by atoms with van der Waals surface area (Å²) in [5, 5.41) is 13.5. The highest BCUT2D eigenvalue weighted by Crippen LogP contribution is 2.39. The van der Waals surface area contributed by atoms with Crippen molar-refractivity contribution in [2.45, 2.75) is 65.0 Å². The van der Waals surface area contributed by atoms with Gasteiger partial charge < -0.3 is 15.0 Å². The van der Waals surface area contributed by atoms with Crippen molar-refractivity contribution in [2.24, 2.45) is 5.41 Å². The van der Waals surface area contributed by atoms with Crippen molar-refractivity contribution in [2.75, 3.05) is 6.54 Å². The Balaban J connectivity index is 1.90. The number of hydrogen-bond acceptors (Lipinski definition) is 2. The summed E-state index contributed by atoms with van der Waals surface area (Å²) < 4.78 is 1.96. The molecule has 21 heavy (non-hydrogen) atoms. The second-order valence-electron chi connectivity index (χ2n) is 7.16. The molecule has 1 aromatic heterocycles. The normalized spacial score (nSPS) is 20.2. The van der Waals surface area contributed by atoms with Gasteiger partial charge in [0.2, 0.25) is 0 Å². The summed E-state index contributed by atoms with van der Waals surface area (Å²) in [4.78, 5) is 12.3. The Kier molecular flexibility index (Phi) is 4.77. The molecule has 118 valence electrons. The fourth-order valence-electron chi connectivity index (χ4n) is 2.96. The van der Waals surface area contributed by atoms with Gasteiger partial charge in [-0.05, 0) is 49.7 Å². The largest absolute Gasteiger partial charge is 0.388 e. The average molecular weight is 292 g/mol. The molecule has 0 saturated heterocycles. The molecule has 0 atom stereocenters. The average Bonchev–Trinajstić information content (AvgIpc) is 2.89. The van der Waals surface area contributed by atoms with Crippen LogP contribution in [-0.2, 0) is 6.54 Å². The molecule has 0 aromatic carbocycles. The SMILES string of the molecule is CCCn1cccc1C(=O)NCC1(O)CCC(C)(C)CC1. The molecule has 1 saturated carbocycles. The van der Waals surface area contributed by atoms with Gasteiger partial charge in [0.1, 0.15) is 5.69 Å². The Morgan fingerprint density at radius 3 is 2.62 bits per heavy atom. The highest BCUT2D eigenvalue weighted by atomic mass is 16.3. The van der Waals surface area contributed by atoms with Crippen LogP contribution in [0.1, 0.15) is 63.4 Å². The van der Waals surface area contributed by atoms with Crippen LogP contribution in [0.25, 0.3) is 0 Å². The van der Waals surface area contributed by atoms with Gasteiger partial charge in [-0.3, -0.25) is 4.79 Å². The van der Waals surface area contributed by atoms with Gasteiger partial charge in [0.25, 0.3) is 5.91 Å². The van der Waals surface area contributed by atoms with Gasteiger partial charge in [-0.15, -0.1) is 0 Å². The summed E-state index contributed by atoms with van der Waals surface area (Å²) in [6.45, 7) is 7.76. The molecular formula is C17H28N2O2. The first kappa shape index (κ1) is 16.1. The molecule has 1 heterocycles. The number of carbonyl (C=O) groups excluding carboxylic acids is 1. The lowest BCUT2D eigenvalue weighted by atomic mass is 9.71. The first-order chi connectivity index (χ1) is 9.85. The van der Waals surface area contributed by atoms with E-state index < -0.39 is 5.60 Å². The molecule has 0 unspecified atom stereocenters. The van der Waals surface area contributed by atoms with E-state index in [2.05, 4.69) is 26.1 Å². The summed E-state index contributed by atoms with van der Waals surface area (Å²) in [7, 11) is 0. The maximum atomic E-state index is 12.3. The van der Waals surface area contributed by atoms with Gasteiger partial charge in [-0.2, -0.15) is 0 Å². The smallest absolute Gasteiger partial charge is 0.268 e. The van der Waals surface area contributed by atoms with Gasteiger partial charge in [-0.1, -0.05) is 20.8 Å². The van der Waals surface area contributed by atoms with Crippen molar-refractivity contribution in [3.63, 3.8) is 0 Å². The highest BCUT2D eigenvalue weighted by Gasteiger charge is 2.36. The van der Waals surface area contributed by atoms with Crippen LogP contribution in [0, 0.1) is 5.41 Å². The summed E-state index contributed by atoms with van der Waals surface area (Å²) in [6.07, 6.45) is 6.45. The number of aliphatic hydroxyl groups is 1. The Morgan fingerprint density at radius 1 is 1.33 bits per heavy atom. The van der Waals surface area contributed by atoms with E-state index in [1.165, 1.54) is 0 Å². The number of carbonyl (C=O) groups is 1. The summed E-state index contributed by atoms with van der Waals surface area (Å²) in [5.41, 5.74) is 0.246. The van der Waals surface area contributed by atoms with Crippen molar-refractivity contribution in [1.29, 1.82) is 0 Å². The molecule has 0 aliphatic heterocycles. The third-order valence-corrected chi connectivity index (χ3v) is 4.64. The van der Waals surface area contributed by atoms with Crippen LogP contribution in [0.4, 0.5) is 0 Å². The molecule has 1 aliphatic rings. The van der Waals surface area contributed by atoms with Gasteiger partial charge >= 0.3 is 0 Å². The zero-order chi connectivity index (χ0) is 15.5. The van der Waals surface area contributed by atoms with Crippen LogP contribution in [0.3, 0.4) is 0 Å². The van der Waals surface area contributed by atoms with E-state index in [1.54, 1.807) is 0 Å². The number of nitrogens with one attached hydrogen (secondary N) is 1. The fourth-order valence-corrected chi connectivity index (χ4v) is 2.96. The number of hydrogen-bond donors (Lipinski definition) is 2. The van der Waals surface area contributed by atoms with E-state index in [9.17, 15) is 9.90 Å². The van der Waals surface area contributed by atoms with Crippen LogP contribution < -0.4 is 5.32 Å². The van der Waals surface area contributed by atoms with Crippen molar-refractivity contribution in [1.82, 2.24) is 9.88 Å². The van der Waals surface area contributed by atoms with E-state index in [0.29, 0.717) is 17.7 Å². The lowest BCUT2D eigenvalue weighted by Crippen LogP contribution is -2.46. The number of amides is 1. The van der Waals surface area contributed by atoms with Gasteiger partial charge in [0.15, 0.2) is 0 Å². The van der Waals surface area contributed by atoms with Gasteiger partial charge in [-0.25, -0.2) is 0 Å². The lowest BCUT2D eigenvalue weighted by Gasteiger charge is -2.40. The summed E-state index contributed by atoms with van der Waals surface area (Å²) in [5.74, 6) is -0.0910. The molecule has 4 heteroatoms. The van der Waals surface area contributed by atoms with E-state index in [-0.39, 0.29) is 5.91 Å². The Labute approximate surface area is 127 Å². The first-order valence-electron chi connectivity index (χ1n) is 8.01. The molecule has 0 spiro atoms. The second kappa shape index (κ2) is 6.22. The number of rotatable bonds is 5. The molecule has 1 aliphatic carbocycles. The third-order valence-electron chi connectivity index (χ3n) is 4.64. The third kappa shape index (κ3) is 4.10. The van der Waals surface area contributed by atoms with E-state index in [4.69, 9.17) is 0 Å². The molecule has 4 nitrogen and oxygen atoms in total. The first-order valence-corrected chi connectivity index (χ1v) is 8.01. The summed E-state index contributed by atoms with van der Waals surface area (Å²) in [6, 6.07) is 3.72. The van der Waals surface area contributed by atoms with Crippen LogP contribution in [0.2, 0.25) is 0 Å². The number of aryl methyl sites for hydroxylation is 1. The fraction of sp³-hybridized carbons (Fsp3) is 0.706. The molecule has 0 radical (unpaired) electrons. The molecule has 2 N–H and O–H groups in total. The predicted octanol–water partition coefficient (Wildman–Crippen LogP) is 2.96. The Morgan fingerprint density at radius 2 is 2.00 bits per heavy atom. The van der Waals surface area contributed by atoms with Crippen LogP contribution in [0.5, 0.6) is 0 Å². The molecule has 1 fully saturated rings. The molecular weight excluding hydrogens is 264 g/mol. The predicted molar refractivity (Wildman–Crippen MR) is 84.3 cm³/mol. The topological polar surface area (TPSA) is 54.3 Å². The maximum absolute atomic E-state index is 12.3. The van der Waals surface area contributed by atoms with Crippen molar-refractivity contribution in [3.05, 3.63) is 24.0 Å². The van der Waals surface area contributed by atoms with Gasteiger partial charge in [0, 0.05) is 19.3 Å². The Hall–Kier alpha value is -1.29. The summed E-state index contributed by atoms with van der Waals surface area (Å²) >= 11 is 0. The molecule has 0 bridgehead atoms. The van der Waals surface area contributed by atoms with Crippen molar-refractivity contribution < 1.29 is 9.90 Å². The van der Waals surface area contributed by atoms with Gasteiger partial charge in [0.05, 0.1) is 5.60 Å². The molecule has 1 aromatic rings. The van der Waals surface area contributed by atoms with E-state index in [1.807, 2.05) is 22.9 Å². The lowest BCUT2D eigenvalue weighted by molar-refractivity contribution is -0.0233. The monoisotopic (exact) mass is 292 g/mol. The minimum atomic E-state index is -0.743. The second-order valence-corrected chi connectivity index (χ2v) is 7.16. The molecule has 2 rings (SSSR count). The van der Waals surface area contributed by atoms with Crippen LogP contribution in [-0.4, -0.2) is 27.7 Å². The number of nitrogens with zero attached hydrogens (tertiary/aromatic N) is 1. The van der Waals surface area contributed by atoms with E-state index in [0.717, 1.165) is 38.6 Å². The standard InChI is InChI=1S/C17H28N2O2/c1-4-11-19-12-5-6-14(19)15(20)18-13-17(21)9-7-16(2,3)8-10-17/h5-6,12,21H,4,7-11,13H2,1-3H3,(H,18,20). The zero-order valence-electron chi connectivity index (χ0n) is 13.5. The molecule has 1 amide bonds. The highest BCUT2D eigenvalue weighted by molar-refractivity contribution is 5.92. The van der Waals surface area contributed by atoms with Crippen LogP contribution in [0.15, 0.2) is 18.3 Å². The van der Waals surface area contributed by atoms with E-state index >= 15 is 0 Å².